The highest BCUT2D eigenvalue weighted by molar-refractivity contribution is 5.97. The molecule has 2 heteroatoms. The van der Waals surface area contributed by atoms with Crippen LogP contribution in [0.5, 0.6) is 0 Å². The summed E-state index contributed by atoms with van der Waals surface area (Å²) < 4.78 is 0. The fourth-order valence-corrected chi connectivity index (χ4v) is 2.57. The van der Waals surface area contributed by atoms with E-state index >= 15 is 0 Å². The molecule has 0 bridgehead atoms. The van der Waals surface area contributed by atoms with Gasteiger partial charge in [0, 0.05) is 12.1 Å². The molecular weight excluding hydrogens is 210 g/mol. The Morgan fingerprint density at radius 2 is 2.12 bits per heavy atom. The zero-order valence-corrected chi connectivity index (χ0v) is 10.8. The summed E-state index contributed by atoms with van der Waals surface area (Å²) in [7, 11) is 0. The lowest BCUT2D eigenvalue weighted by Crippen LogP contribution is -2.28. The topological polar surface area (TPSA) is 29.1 Å². The Balaban J connectivity index is 2.29. The van der Waals surface area contributed by atoms with Crippen LogP contribution in [0.4, 0.5) is 0 Å². The maximum atomic E-state index is 12.1. The van der Waals surface area contributed by atoms with Crippen molar-refractivity contribution in [1.82, 2.24) is 5.32 Å². The molecule has 1 unspecified atom stereocenters. The molecule has 2 nitrogen and oxygen atoms in total. The van der Waals surface area contributed by atoms with E-state index in [-0.39, 0.29) is 5.91 Å². The van der Waals surface area contributed by atoms with Crippen LogP contribution in [0.25, 0.3) is 0 Å². The number of carbonyl (C=O) groups is 1. The Labute approximate surface area is 103 Å². The van der Waals surface area contributed by atoms with Crippen LogP contribution in [0.3, 0.4) is 0 Å². The standard InChI is InChI=1S/C15H21NO/c1-11-5-3-7-13-8-4-6-12(2)14(13)15(17)16-10-9-11/h4,6,8,11H,3,5,7,9-10H2,1-2H3,(H,16,17). The zero-order valence-electron chi connectivity index (χ0n) is 10.8. The van der Waals surface area contributed by atoms with Crippen LogP contribution in [-0.4, -0.2) is 12.5 Å². The Morgan fingerprint density at radius 3 is 2.94 bits per heavy atom. The molecule has 1 aliphatic heterocycles. The maximum Gasteiger partial charge on any atom is 0.251 e. The second-order valence-electron chi connectivity index (χ2n) is 5.15. The minimum Gasteiger partial charge on any atom is -0.352 e. The molecule has 1 aromatic carbocycles. The smallest absolute Gasteiger partial charge is 0.251 e. The predicted molar refractivity (Wildman–Crippen MR) is 70.2 cm³/mol. The number of rotatable bonds is 0. The minimum absolute atomic E-state index is 0.104. The molecule has 92 valence electrons. The number of nitrogens with one attached hydrogen (secondary N) is 1. The summed E-state index contributed by atoms with van der Waals surface area (Å²) in [6.45, 7) is 5.09. The number of fused-ring (bicyclic) bond motifs is 1. The van der Waals surface area contributed by atoms with E-state index in [4.69, 9.17) is 0 Å². The molecule has 0 aliphatic carbocycles. The first-order valence-corrected chi connectivity index (χ1v) is 6.55. The zero-order chi connectivity index (χ0) is 12.3. The summed E-state index contributed by atoms with van der Waals surface area (Å²) in [4.78, 5) is 12.1. The molecule has 0 spiro atoms. The Kier molecular flexibility index (Phi) is 3.82. The normalized spacial score (nSPS) is 21.5. The molecule has 1 heterocycles. The average molecular weight is 231 g/mol. The van der Waals surface area contributed by atoms with Gasteiger partial charge in [-0.3, -0.25) is 4.79 Å². The number of aryl methyl sites for hydroxylation is 2. The van der Waals surface area contributed by atoms with Crippen molar-refractivity contribution in [2.45, 2.75) is 39.5 Å². The van der Waals surface area contributed by atoms with Gasteiger partial charge in [-0.15, -0.1) is 0 Å². The van der Waals surface area contributed by atoms with Gasteiger partial charge in [0.15, 0.2) is 0 Å². The average Bonchev–Trinajstić information content (AvgIpc) is 2.28. The first-order valence-electron chi connectivity index (χ1n) is 6.55. The van der Waals surface area contributed by atoms with Gasteiger partial charge in [0.25, 0.3) is 5.91 Å². The summed E-state index contributed by atoms with van der Waals surface area (Å²) in [5.74, 6) is 0.814. The fraction of sp³-hybridized carbons (Fsp3) is 0.533. The van der Waals surface area contributed by atoms with Gasteiger partial charge in [-0.1, -0.05) is 31.5 Å². The van der Waals surface area contributed by atoms with E-state index in [9.17, 15) is 4.79 Å². The SMILES string of the molecule is Cc1cccc2c1C(=O)NCCC(C)CCC2. The summed E-state index contributed by atoms with van der Waals surface area (Å²) in [5.41, 5.74) is 3.20. The highest BCUT2D eigenvalue weighted by atomic mass is 16.1. The number of amides is 1. The van der Waals surface area contributed by atoms with Crippen molar-refractivity contribution in [3.05, 3.63) is 34.9 Å². The van der Waals surface area contributed by atoms with Gasteiger partial charge >= 0.3 is 0 Å². The van der Waals surface area contributed by atoms with Crippen molar-refractivity contribution in [2.24, 2.45) is 5.92 Å². The molecule has 1 atom stereocenters. The highest BCUT2D eigenvalue weighted by Crippen LogP contribution is 2.20. The fourth-order valence-electron chi connectivity index (χ4n) is 2.57. The summed E-state index contributed by atoms with van der Waals surface area (Å²) in [6, 6.07) is 6.16. The lowest BCUT2D eigenvalue weighted by molar-refractivity contribution is 0.0949. The quantitative estimate of drug-likeness (QED) is 0.730. The second kappa shape index (κ2) is 5.35. The largest absolute Gasteiger partial charge is 0.352 e. The summed E-state index contributed by atoms with van der Waals surface area (Å²) in [6.07, 6.45) is 4.55. The Hall–Kier alpha value is -1.31. The van der Waals surface area contributed by atoms with Gasteiger partial charge < -0.3 is 5.32 Å². The molecule has 1 amide bonds. The summed E-state index contributed by atoms with van der Waals surface area (Å²) >= 11 is 0. The van der Waals surface area contributed by atoms with Crippen LogP contribution in [0.2, 0.25) is 0 Å². The van der Waals surface area contributed by atoms with E-state index < -0.39 is 0 Å². The van der Waals surface area contributed by atoms with Crippen molar-refractivity contribution in [3.8, 4) is 0 Å². The molecule has 0 fully saturated rings. The first-order chi connectivity index (χ1) is 8.18. The van der Waals surface area contributed by atoms with Gasteiger partial charge in [0.2, 0.25) is 0 Å². The summed E-state index contributed by atoms with van der Waals surface area (Å²) in [5, 5.41) is 3.04. The molecule has 0 aromatic heterocycles. The lowest BCUT2D eigenvalue weighted by atomic mass is 9.93. The van der Waals surface area contributed by atoms with E-state index in [0.717, 1.165) is 30.5 Å². The molecule has 1 aromatic rings. The first kappa shape index (κ1) is 12.2. The number of carbonyl (C=O) groups excluding carboxylic acids is 1. The molecule has 2 rings (SSSR count). The number of hydrogen-bond donors (Lipinski definition) is 1. The predicted octanol–water partition coefficient (Wildman–Crippen LogP) is 3.09. The van der Waals surface area contributed by atoms with Crippen LogP contribution in [0, 0.1) is 12.8 Å². The van der Waals surface area contributed by atoms with Crippen LogP contribution < -0.4 is 5.32 Å². The van der Waals surface area contributed by atoms with Gasteiger partial charge in [-0.2, -0.15) is 0 Å². The van der Waals surface area contributed by atoms with Crippen molar-refractivity contribution < 1.29 is 4.79 Å². The third-order valence-electron chi connectivity index (χ3n) is 3.65. The molecular formula is C15H21NO. The molecule has 0 radical (unpaired) electrons. The van der Waals surface area contributed by atoms with Crippen LogP contribution in [0.15, 0.2) is 18.2 Å². The van der Waals surface area contributed by atoms with Crippen molar-refractivity contribution in [3.63, 3.8) is 0 Å². The van der Waals surface area contributed by atoms with Crippen LogP contribution in [-0.2, 0) is 6.42 Å². The Morgan fingerprint density at radius 1 is 1.29 bits per heavy atom. The van der Waals surface area contributed by atoms with Crippen molar-refractivity contribution in [2.75, 3.05) is 6.54 Å². The molecule has 0 saturated carbocycles. The second-order valence-corrected chi connectivity index (χ2v) is 5.15. The lowest BCUT2D eigenvalue weighted by Gasteiger charge is -2.18. The third kappa shape index (κ3) is 2.87. The van der Waals surface area contributed by atoms with E-state index in [1.807, 2.05) is 13.0 Å². The molecule has 17 heavy (non-hydrogen) atoms. The monoisotopic (exact) mass is 231 g/mol. The van der Waals surface area contributed by atoms with E-state index in [0.29, 0.717) is 5.92 Å². The molecule has 0 saturated heterocycles. The van der Waals surface area contributed by atoms with E-state index in [1.54, 1.807) is 0 Å². The van der Waals surface area contributed by atoms with E-state index in [2.05, 4.69) is 24.4 Å². The van der Waals surface area contributed by atoms with Gasteiger partial charge in [-0.25, -0.2) is 0 Å². The van der Waals surface area contributed by atoms with Gasteiger partial charge in [0.1, 0.15) is 0 Å². The van der Waals surface area contributed by atoms with Gasteiger partial charge in [0.05, 0.1) is 0 Å². The van der Waals surface area contributed by atoms with E-state index in [1.165, 1.54) is 18.4 Å². The van der Waals surface area contributed by atoms with Gasteiger partial charge in [-0.05, 0) is 43.2 Å². The van der Waals surface area contributed by atoms with Crippen molar-refractivity contribution in [1.29, 1.82) is 0 Å². The van der Waals surface area contributed by atoms with Crippen molar-refractivity contribution >= 4 is 5.91 Å². The Bertz CT molecular complexity index is 411. The van der Waals surface area contributed by atoms with Crippen LogP contribution >= 0.6 is 0 Å². The van der Waals surface area contributed by atoms with Crippen LogP contribution in [0.1, 0.15) is 47.7 Å². The molecule has 1 N–H and O–H groups in total. The number of benzene rings is 1. The number of hydrogen-bond acceptors (Lipinski definition) is 1. The molecule has 1 aliphatic rings. The highest BCUT2D eigenvalue weighted by Gasteiger charge is 2.15. The third-order valence-corrected chi connectivity index (χ3v) is 3.65. The maximum absolute atomic E-state index is 12.1. The minimum atomic E-state index is 0.104.